The van der Waals surface area contributed by atoms with Gasteiger partial charge in [0.2, 0.25) is 0 Å². The van der Waals surface area contributed by atoms with E-state index in [0.717, 1.165) is 27.2 Å². The van der Waals surface area contributed by atoms with Gasteiger partial charge in [0.25, 0.3) is 0 Å². The van der Waals surface area contributed by atoms with Crippen molar-refractivity contribution in [2.75, 3.05) is 12.8 Å². The molecule has 0 bridgehead atoms. The summed E-state index contributed by atoms with van der Waals surface area (Å²) in [5, 5.41) is 0. The zero-order valence-corrected chi connectivity index (χ0v) is 12.4. The minimum atomic E-state index is 0.726. The van der Waals surface area contributed by atoms with Crippen LogP contribution in [0.25, 0.3) is 0 Å². The fraction of sp³-hybridized carbons (Fsp3) is 0.143. The summed E-state index contributed by atoms with van der Waals surface area (Å²) in [5.74, 6) is 1.71. The van der Waals surface area contributed by atoms with Gasteiger partial charge in [-0.05, 0) is 30.3 Å². The summed E-state index contributed by atoms with van der Waals surface area (Å²) in [6, 6.07) is 14.1. The lowest BCUT2D eigenvalue weighted by atomic mass is 10.2. The van der Waals surface area contributed by atoms with Crippen LogP contribution in [0.4, 0.5) is 5.69 Å². The highest BCUT2D eigenvalue weighted by Gasteiger charge is 2.04. The highest BCUT2D eigenvalue weighted by atomic mass is 79.9. The molecule has 0 spiro atoms. The number of hydrogen-bond donors (Lipinski definition) is 1. The number of halogens is 1. The molecule has 0 aliphatic heterocycles. The molecule has 0 heterocycles. The van der Waals surface area contributed by atoms with Crippen LogP contribution in [0.3, 0.4) is 0 Å². The van der Waals surface area contributed by atoms with Gasteiger partial charge in [-0.1, -0.05) is 22.0 Å². The Kier molecular flexibility index (Phi) is 4.55. The summed E-state index contributed by atoms with van der Waals surface area (Å²) in [7, 11) is 1.67. The fourth-order valence-corrected chi connectivity index (χ4v) is 2.73. The molecule has 0 radical (unpaired) electrons. The summed E-state index contributed by atoms with van der Waals surface area (Å²) in [4.78, 5) is 1.23. The van der Waals surface area contributed by atoms with E-state index >= 15 is 0 Å². The zero-order chi connectivity index (χ0) is 13.0. The molecule has 0 atom stereocenters. The van der Waals surface area contributed by atoms with Gasteiger partial charge < -0.3 is 10.5 Å². The van der Waals surface area contributed by atoms with Crippen LogP contribution in [0.15, 0.2) is 51.8 Å². The number of thioether (sulfide) groups is 1. The maximum Gasteiger partial charge on any atom is 0.124 e. The Hall–Kier alpha value is -1.13. The van der Waals surface area contributed by atoms with Gasteiger partial charge in [-0.3, -0.25) is 0 Å². The van der Waals surface area contributed by atoms with Crippen LogP contribution in [0.1, 0.15) is 5.56 Å². The molecule has 18 heavy (non-hydrogen) atoms. The molecule has 2 N–H and O–H groups in total. The number of benzene rings is 2. The lowest BCUT2D eigenvalue weighted by Gasteiger charge is -2.09. The van der Waals surface area contributed by atoms with Gasteiger partial charge in [-0.25, -0.2) is 0 Å². The SMILES string of the molecule is COc1cc(N)ccc1CSc1ccc(Br)cc1. The molecule has 2 aromatic rings. The van der Waals surface area contributed by atoms with E-state index in [0.29, 0.717) is 0 Å². The fourth-order valence-electron chi connectivity index (χ4n) is 1.57. The highest BCUT2D eigenvalue weighted by molar-refractivity contribution is 9.10. The van der Waals surface area contributed by atoms with E-state index in [9.17, 15) is 0 Å². The van der Waals surface area contributed by atoms with Crippen LogP contribution in [0.2, 0.25) is 0 Å². The van der Waals surface area contributed by atoms with Gasteiger partial charge in [0, 0.05) is 32.4 Å². The molecule has 2 rings (SSSR count). The summed E-state index contributed by atoms with van der Waals surface area (Å²) in [6.45, 7) is 0. The maximum atomic E-state index is 5.73. The molecule has 2 aromatic carbocycles. The van der Waals surface area contributed by atoms with E-state index in [1.54, 1.807) is 18.9 Å². The van der Waals surface area contributed by atoms with Crippen LogP contribution in [-0.4, -0.2) is 7.11 Å². The van der Waals surface area contributed by atoms with Crippen molar-refractivity contribution in [3.8, 4) is 5.75 Å². The lowest BCUT2D eigenvalue weighted by Crippen LogP contribution is -1.93. The number of anilines is 1. The largest absolute Gasteiger partial charge is 0.496 e. The van der Waals surface area contributed by atoms with Gasteiger partial charge in [0.15, 0.2) is 0 Å². The van der Waals surface area contributed by atoms with E-state index in [4.69, 9.17) is 10.5 Å². The first-order valence-corrected chi connectivity index (χ1v) is 7.27. The van der Waals surface area contributed by atoms with Gasteiger partial charge in [-0.2, -0.15) is 0 Å². The summed E-state index contributed by atoms with van der Waals surface area (Å²) in [6.07, 6.45) is 0. The van der Waals surface area contributed by atoms with Crippen molar-refractivity contribution in [1.82, 2.24) is 0 Å². The molecular formula is C14H14BrNOS. The molecule has 2 nitrogen and oxygen atoms in total. The van der Waals surface area contributed by atoms with Crippen molar-refractivity contribution in [3.05, 3.63) is 52.5 Å². The van der Waals surface area contributed by atoms with E-state index in [-0.39, 0.29) is 0 Å². The van der Waals surface area contributed by atoms with E-state index in [1.807, 2.05) is 30.3 Å². The van der Waals surface area contributed by atoms with Crippen LogP contribution < -0.4 is 10.5 Å². The van der Waals surface area contributed by atoms with Gasteiger partial charge in [0.05, 0.1) is 7.11 Å². The second-order valence-corrected chi connectivity index (χ2v) is 5.78. The summed E-state index contributed by atoms with van der Waals surface area (Å²) < 4.78 is 6.43. The molecule has 0 saturated heterocycles. The predicted octanol–water partition coefficient (Wildman–Crippen LogP) is 4.33. The number of nitrogen functional groups attached to an aromatic ring is 1. The Morgan fingerprint density at radius 3 is 2.56 bits per heavy atom. The van der Waals surface area contributed by atoms with Crippen LogP contribution >= 0.6 is 27.7 Å². The first-order chi connectivity index (χ1) is 8.69. The third kappa shape index (κ3) is 3.43. The standard InChI is InChI=1S/C14H14BrNOS/c1-17-14-8-12(16)5-2-10(14)9-18-13-6-3-11(15)4-7-13/h2-8H,9,16H2,1H3. The normalized spacial score (nSPS) is 10.3. The Labute approximate surface area is 120 Å². The molecule has 0 amide bonds. The molecule has 0 aliphatic rings. The van der Waals surface area contributed by atoms with E-state index < -0.39 is 0 Å². The van der Waals surface area contributed by atoms with Crippen LogP contribution in [0, 0.1) is 0 Å². The summed E-state index contributed by atoms with van der Waals surface area (Å²) in [5.41, 5.74) is 7.61. The van der Waals surface area contributed by atoms with Crippen molar-refractivity contribution in [2.45, 2.75) is 10.6 Å². The molecule has 0 aromatic heterocycles. The number of hydrogen-bond acceptors (Lipinski definition) is 3. The average molecular weight is 324 g/mol. The molecule has 0 unspecified atom stereocenters. The average Bonchev–Trinajstić information content (AvgIpc) is 2.39. The molecular weight excluding hydrogens is 310 g/mol. The smallest absolute Gasteiger partial charge is 0.124 e. The van der Waals surface area contributed by atoms with Crippen molar-refractivity contribution in [1.29, 1.82) is 0 Å². The predicted molar refractivity (Wildman–Crippen MR) is 81.1 cm³/mol. The topological polar surface area (TPSA) is 35.2 Å². The molecule has 0 saturated carbocycles. The van der Waals surface area contributed by atoms with Gasteiger partial charge in [-0.15, -0.1) is 11.8 Å². The third-order valence-electron chi connectivity index (χ3n) is 2.52. The lowest BCUT2D eigenvalue weighted by molar-refractivity contribution is 0.411. The van der Waals surface area contributed by atoms with Crippen molar-refractivity contribution < 1.29 is 4.74 Å². The van der Waals surface area contributed by atoms with Gasteiger partial charge >= 0.3 is 0 Å². The second kappa shape index (κ2) is 6.16. The number of methoxy groups -OCH3 is 1. The van der Waals surface area contributed by atoms with Crippen LogP contribution in [0.5, 0.6) is 5.75 Å². The Balaban J connectivity index is 2.08. The third-order valence-corrected chi connectivity index (χ3v) is 4.11. The quantitative estimate of drug-likeness (QED) is 0.671. The van der Waals surface area contributed by atoms with Crippen molar-refractivity contribution in [3.63, 3.8) is 0 Å². The number of ether oxygens (including phenoxy) is 1. The minimum Gasteiger partial charge on any atom is -0.496 e. The van der Waals surface area contributed by atoms with Crippen LogP contribution in [-0.2, 0) is 5.75 Å². The van der Waals surface area contributed by atoms with Gasteiger partial charge in [0.1, 0.15) is 5.75 Å². The Morgan fingerprint density at radius 2 is 1.89 bits per heavy atom. The molecule has 94 valence electrons. The van der Waals surface area contributed by atoms with E-state index in [2.05, 4.69) is 28.1 Å². The monoisotopic (exact) mass is 323 g/mol. The number of rotatable bonds is 4. The minimum absolute atomic E-state index is 0.726. The Morgan fingerprint density at radius 1 is 1.17 bits per heavy atom. The maximum absolute atomic E-state index is 5.73. The summed E-state index contributed by atoms with van der Waals surface area (Å²) >= 11 is 5.21. The zero-order valence-electron chi connectivity index (χ0n) is 10.0. The molecule has 0 aliphatic carbocycles. The van der Waals surface area contributed by atoms with Crippen molar-refractivity contribution in [2.24, 2.45) is 0 Å². The highest BCUT2D eigenvalue weighted by Crippen LogP contribution is 2.29. The molecule has 0 fully saturated rings. The number of nitrogens with two attached hydrogens (primary N) is 1. The first kappa shape index (κ1) is 13.3. The van der Waals surface area contributed by atoms with E-state index in [1.165, 1.54) is 4.90 Å². The second-order valence-electron chi connectivity index (χ2n) is 3.81. The van der Waals surface area contributed by atoms with Crippen molar-refractivity contribution >= 4 is 33.4 Å². The first-order valence-electron chi connectivity index (χ1n) is 5.50. The Bertz CT molecular complexity index is 528. The molecule has 4 heteroatoms.